The van der Waals surface area contributed by atoms with Gasteiger partial charge in [-0.25, -0.2) is 0 Å². The fraction of sp³-hybridized carbons (Fsp3) is 0.667. The number of thioether (sulfide) groups is 1. The zero-order valence-corrected chi connectivity index (χ0v) is 19.2. The van der Waals surface area contributed by atoms with Crippen LogP contribution in [-0.4, -0.2) is 43.1 Å². The number of rotatable bonds is 14. The van der Waals surface area contributed by atoms with Crippen molar-refractivity contribution in [2.24, 2.45) is 0 Å². The minimum Gasteiger partial charge on any atom is -0.465 e. The highest BCUT2D eigenvalue weighted by atomic mass is 32.2. The van der Waals surface area contributed by atoms with Gasteiger partial charge in [-0.1, -0.05) is 32.4 Å². The van der Waals surface area contributed by atoms with Crippen molar-refractivity contribution in [1.82, 2.24) is 0 Å². The number of ether oxygens (including phenoxy) is 3. The van der Waals surface area contributed by atoms with Gasteiger partial charge >= 0.3 is 5.97 Å². The molecule has 0 saturated carbocycles. The van der Waals surface area contributed by atoms with Crippen LogP contribution >= 0.6 is 11.8 Å². The SMILES string of the molecule is CCCCOC(=O)CC(=O)C(CC)Sc1ccc(CCCOC2CCCCO2)cc1. The Morgan fingerprint density at radius 2 is 1.93 bits per heavy atom. The molecule has 0 bridgehead atoms. The lowest BCUT2D eigenvalue weighted by molar-refractivity contribution is -0.162. The summed E-state index contributed by atoms with van der Waals surface area (Å²) in [6.07, 6.45) is 7.56. The normalized spacial score (nSPS) is 17.5. The van der Waals surface area contributed by atoms with E-state index in [1.807, 2.05) is 13.8 Å². The van der Waals surface area contributed by atoms with E-state index in [1.54, 1.807) is 0 Å². The lowest BCUT2D eigenvalue weighted by atomic mass is 10.1. The van der Waals surface area contributed by atoms with Gasteiger partial charge in [0.1, 0.15) is 6.42 Å². The zero-order chi connectivity index (χ0) is 21.6. The first-order valence-corrected chi connectivity index (χ1v) is 12.2. The topological polar surface area (TPSA) is 61.8 Å². The van der Waals surface area contributed by atoms with Gasteiger partial charge in [-0.2, -0.15) is 0 Å². The number of esters is 1. The Kier molecular flexibility index (Phi) is 12.1. The van der Waals surface area contributed by atoms with Gasteiger partial charge in [0.2, 0.25) is 0 Å². The minimum absolute atomic E-state index is 0.0232. The molecular formula is C24H36O5S. The van der Waals surface area contributed by atoms with Crippen LogP contribution in [0.3, 0.4) is 0 Å². The molecule has 2 unspecified atom stereocenters. The molecule has 1 fully saturated rings. The quantitative estimate of drug-likeness (QED) is 0.170. The molecule has 1 aliphatic heterocycles. The van der Waals surface area contributed by atoms with Crippen LogP contribution in [0.5, 0.6) is 0 Å². The molecular weight excluding hydrogens is 400 g/mol. The van der Waals surface area contributed by atoms with E-state index in [2.05, 4.69) is 24.3 Å². The fourth-order valence-corrected chi connectivity index (χ4v) is 4.25. The second kappa shape index (κ2) is 14.6. The second-order valence-electron chi connectivity index (χ2n) is 7.65. The predicted molar refractivity (Wildman–Crippen MR) is 120 cm³/mol. The number of hydrogen-bond donors (Lipinski definition) is 0. The standard InChI is InChI=1S/C24H36O5S/c1-3-5-15-27-23(26)18-21(25)22(4-2)30-20-13-11-19(12-14-20)9-8-17-29-24-10-6-7-16-28-24/h11-14,22,24H,3-10,15-18H2,1-2H3. The van der Waals surface area contributed by atoms with Crippen molar-refractivity contribution >= 4 is 23.5 Å². The van der Waals surface area contributed by atoms with E-state index in [9.17, 15) is 9.59 Å². The Morgan fingerprint density at radius 3 is 2.60 bits per heavy atom. The molecule has 0 spiro atoms. The molecule has 1 aliphatic rings. The van der Waals surface area contributed by atoms with Crippen molar-refractivity contribution in [3.05, 3.63) is 29.8 Å². The van der Waals surface area contributed by atoms with E-state index in [0.717, 1.165) is 50.0 Å². The first-order chi connectivity index (χ1) is 14.6. The third-order valence-corrected chi connectivity index (χ3v) is 6.49. The largest absolute Gasteiger partial charge is 0.465 e. The number of Topliss-reactive ketones (excluding diaryl/α,β-unsaturated/α-hetero) is 1. The number of carbonyl (C=O) groups is 2. The van der Waals surface area contributed by atoms with Crippen molar-refractivity contribution in [1.29, 1.82) is 0 Å². The van der Waals surface area contributed by atoms with Gasteiger partial charge in [-0.3, -0.25) is 9.59 Å². The first kappa shape index (κ1) is 24.9. The summed E-state index contributed by atoms with van der Waals surface area (Å²) in [5, 5.41) is -0.224. The van der Waals surface area contributed by atoms with Gasteiger partial charge in [0.25, 0.3) is 0 Å². The maximum Gasteiger partial charge on any atom is 0.313 e. The summed E-state index contributed by atoms with van der Waals surface area (Å²) in [6.45, 7) is 5.93. The molecule has 0 aliphatic carbocycles. The summed E-state index contributed by atoms with van der Waals surface area (Å²) >= 11 is 1.52. The van der Waals surface area contributed by atoms with Gasteiger partial charge < -0.3 is 14.2 Å². The molecule has 30 heavy (non-hydrogen) atoms. The summed E-state index contributed by atoms with van der Waals surface area (Å²) in [7, 11) is 0. The highest BCUT2D eigenvalue weighted by molar-refractivity contribution is 8.00. The Morgan fingerprint density at radius 1 is 1.13 bits per heavy atom. The van der Waals surface area contributed by atoms with Crippen LogP contribution in [0.25, 0.3) is 0 Å². The van der Waals surface area contributed by atoms with E-state index in [0.29, 0.717) is 19.6 Å². The van der Waals surface area contributed by atoms with Gasteiger partial charge in [0.15, 0.2) is 12.1 Å². The number of carbonyl (C=O) groups excluding carboxylic acids is 2. The Balaban J connectivity index is 1.70. The van der Waals surface area contributed by atoms with Crippen LogP contribution in [0.15, 0.2) is 29.2 Å². The highest BCUT2D eigenvalue weighted by Crippen LogP contribution is 2.27. The second-order valence-corrected chi connectivity index (χ2v) is 8.92. The minimum atomic E-state index is -0.413. The summed E-state index contributed by atoms with van der Waals surface area (Å²) in [6, 6.07) is 8.33. The molecule has 6 heteroatoms. The van der Waals surface area contributed by atoms with Gasteiger partial charge in [-0.05, 0) is 62.6 Å². The van der Waals surface area contributed by atoms with Crippen molar-refractivity contribution < 1.29 is 23.8 Å². The molecule has 168 valence electrons. The summed E-state index contributed by atoms with van der Waals surface area (Å²) in [4.78, 5) is 25.3. The molecule has 1 saturated heterocycles. The molecule has 0 amide bonds. The Hall–Kier alpha value is -1.37. The third-order valence-electron chi connectivity index (χ3n) is 5.06. The van der Waals surface area contributed by atoms with Crippen LogP contribution in [0.2, 0.25) is 0 Å². The van der Waals surface area contributed by atoms with Gasteiger partial charge in [0.05, 0.1) is 18.5 Å². The van der Waals surface area contributed by atoms with Gasteiger partial charge in [0, 0.05) is 11.5 Å². The third kappa shape index (κ3) is 9.63. The lowest BCUT2D eigenvalue weighted by Crippen LogP contribution is -2.22. The van der Waals surface area contributed by atoms with E-state index in [1.165, 1.54) is 23.7 Å². The zero-order valence-electron chi connectivity index (χ0n) is 18.4. The molecule has 2 rings (SSSR count). The summed E-state index contributed by atoms with van der Waals surface area (Å²) in [5.74, 6) is -0.473. The molecule has 0 N–H and O–H groups in total. The molecule has 0 aromatic heterocycles. The Labute approximate surface area is 185 Å². The lowest BCUT2D eigenvalue weighted by Gasteiger charge is -2.22. The molecule has 5 nitrogen and oxygen atoms in total. The van der Waals surface area contributed by atoms with Gasteiger partial charge in [-0.15, -0.1) is 11.8 Å². The number of aryl methyl sites for hydroxylation is 1. The smallest absolute Gasteiger partial charge is 0.313 e. The van der Waals surface area contributed by atoms with Crippen molar-refractivity contribution in [2.45, 2.75) is 88.1 Å². The maximum absolute atomic E-state index is 12.4. The van der Waals surface area contributed by atoms with Crippen LogP contribution < -0.4 is 0 Å². The summed E-state index contributed by atoms with van der Waals surface area (Å²) in [5.41, 5.74) is 1.26. The van der Waals surface area contributed by atoms with Crippen LogP contribution in [0, 0.1) is 0 Å². The van der Waals surface area contributed by atoms with Crippen molar-refractivity contribution in [3.63, 3.8) is 0 Å². The fourth-order valence-electron chi connectivity index (χ4n) is 3.25. The monoisotopic (exact) mass is 436 g/mol. The summed E-state index contributed by atoms with van der Waals surface area (Å²) < 4.78 is 16.5. The first-order valence-electron chi connectivity index (χ1n) is 11.3. The van der Waals surface area contributed by atoms with Crippen molar-refractivity contribution in [3.8, 4) is 0 Å². The van der Waals surface area contributed by atoms with E-state index < -0.39 is 5.97 Å². The molecule has 2 atom stereocenters. The maximum atomic E-state index is 12.4. The van der Waals surface area contributed by atoms with Crippen molar-refractivity contribution in [2.75, 3.05) is 19.8 Å². The molecule has 1 aromatic carbocycles. The number of ketones is 1. The molecule has 1 aromatic rings. The van der Waals surface area contributed by atoms with E-state index in [-0.39, 0.29) is 23.7 Å². The van der Waals surface area contributed by atoms with E-state index in [4.69, 9.17) is 14.2 Å². The average Bonchev–Trinajstić information content (AvgIpc) is 2.76. The predicted octanol–water partition coefficient (Wildman–Crippen LogP) is 5.34. The molecule has 1 heterocycles. The average molecular weight is 437 g/mol. The molecule has 0 radical (unpaired) electrons. The Bertz CT molecular complexity index is 625. The van der Waals surface area contributed by atoms with Crippen LogP contribution in [-0.2, 0) is 30.2 Å². The van der Waals surface area contributed by atoms with E-state index >= 15 is 0 Å². The van der Waals surface area contributed by atoms with Crippen LogP contribution in [0.1, 0.15) is 70.8 Å². The number of hydrogen-bond acceptors (Lipinski definition) is 6. The number of unbranched alkanes of at least 4 members (excludes halogenated alkanes) is 1. The number of benzene rings is 1. The highest BCUT2D eigenvalue weighted by Gasteiger charge is 2.21. The van der Waals surface area contributed by atoms with Crippen LogP contribution in [0.4, 0.5) is 0 Å².